The first-order chi connectivity index (χ1) is 11.9. The summed E-state index contributed by atoms with van der Waals surface area (Å²) in [6.07, 6.45) is 2.81. The van der Waals surface area contributed by atoms with Crippen LogP contribution in [-0.2, 0) is 0 Å². The molecule has 1 unspecified atom stereocenters. The quantitative estimate of drug-likeness (QED) is 0.676. The number of hydrazone groups is 1. The van der Waals surface area contributed by atoms with Crippen molar-refractivity contribution in [2.24, 2.45) is 5.10 Å². The van der Waals surface area contributed by atoms with Crippen LogP contribution in [0, 0.1) is 0 Å². The highest BCUT2D eigenvalue weighted by atomic mass is 16.2. The molecule has 0 bridgehead atoms. The molecule has 3 rings (SSSR count). The summed E-state index contributed by atoms with van der Waals surface area (Å²) in [6, 6.07) is 15.4. The molecule has 0 aromatic heterocycles. The van der Waals surface area contributed by atoms with Crippen molar-refractivity contribution in [2.45, 2.75) is 38.6 Å². The maximum atomic E-state index is 12.0. The molecule has 2 aromatic carbocycles. The van der Waals surface area contributed by atoms with E-state index in [1.54, 1.807) is 18.3 Å². The first-order valence-electron chi connectivity index (χ1n) is 8.65. The number of nitrogens with zero attached hydrogens (tertiary/aromatic N) is 2. The standard InChI is InChI=1S/C21H25N3O/c1-15-13-21(2,3)24(4)19-11-10-16(12-18(15)19)14-22-23-20(25)17-8-6-5-7-9-17/h5-12,14-15H,13H2,1-4H3,(H,23,25)/b22-14-. The minimum Gasteiger partial charge on any atom is -0.369 e. The van der Waals surface area contributed by atoms with Crippen molar-refractivity contribution in [2.75, 3.05) is 11.9 Å². The van der Waals surface area contributed by atoms with E-state index in [2.05, 4.69) is 55.4 Å². The van der Waals surface area contributed by atoms with Crippen molar-refractivity contribution in [3.63, 3.8) is 0 Å². The Bertz CT molecular complexity index is 796. The van der Waals surface area contributed by atoms with Gasteiger partial charge in [-0.05, 0) is 61.6 Å². The number of amides is 1. The van der Waals surface area contributed by atoms with Gasteiger partial charge in [-0.25, -0.2) is 5.43 Å². The van der Waals surface area contributed by atoms with Gasteiger partial charge in [-0.3, -0.25) is 4.79 Å². The summed E-state index contributed by atoms with van der Waals surface area (Å²) in [7, 11) is 2.15. The first kappa shape index (κ1) is 17.2. The van der Waals surface area contributed by atoms with Gasteiger partial charge >= 0.3 is 0 Å². The molecule has 4 heteroatoms. The van der Waals surface area contributed by atoms with Gasteiger partial charge in [0, 0.05) is 23.8 Å². The van der Waals surface area contributed by atoms with Crippen LogP contribution in [0.25, 0.3) is 0 Å². The van der Waals surface area contributed by atoms with E-state index < -0.39 is 0 Å². The first-order valence-corrected chi connectivity index (χ1v) is 8.65. The van der Waals surface area contributed by atoms with Gasteiger partial charge in [0.25, 0.3) is 5.91 Å². The second-order valence-electron chi connectivity index (χ2n) is 7.36. The molecule has 1 heterocycles. The fraction of sp³-hybridized carbons (Fsp3) is 0.333. The Labute approximate surface area is 149 Å². The van der Waals surface area contributed by atoms with Crippen LogP contribution < -0.4 is 10.3 Å². The Balaban J connectivity index is 1.75. The Morgan fingerprint density at radius 1 is 1.24 bits per heavy atom. The summed E-state index contributed by atoms with van der Waals surface area (Å²) in [5.74, 6) is 0.290. The normalized spacial score (nSPS) is 18.9. The molecule has 1 atom stereocenters. The summed E-state index contributed by atoms with van der Waals surface area (Å²) in [5, 5.41) is 4.10. The van der Waals surface area contributed by atoms with Crippen LogP contribution in [0.15, 0.2) is 53.6 Å². The van der Waals surface area contributed by atoms with E-state index in [0.717, 1.165) is 12.0 Å². The van der Waals surface area contributed by atoms with E-state index in [9.17, 15) is 4.79 Å². The number of fused-ring (bicyclic) bond motifs is 1. The number of benzene rings is 2. The Morgan fingerprint density at radius 3 is 2.68 bits per heavy atom. The fourth-order valence-corrected chi connectivity index (χ4v) is 3.50. The number of anilines is 1. The lowest BCUT2D eigenvalue weighted by molar-refractivity contribution is 0.0955. The zero-order valence-electron chi connectivity index (χ0n) is 15.3. The third kappa shape index (κ3) is 3.58. The molecule has 130 valence electrons. The van der Waals surface area contributed by atoms with Crippen LogP contribution in [0.1, 0.15) is 54.6 Å². The molecule has 25 heavy (non-hydrogen) atoms. The number of carbonyl (C=O) groups is 1. The smallest absolute Gasteiger partial charge is 0.271 e. The molecule has 0 aliphatic carbocycles. The highest BCUT2D eigenvalue weighted by Crippen LogP contribution is 2.42. The fourth-order valence-electron chi connectivity index (χ4n) is 3.50. The molecule has 4 nitrogen and oxygen atoms in total. The maximum Gasteiger partial charge on any atom is 0.271 e. The maximum absolute atomic E-state index is 12.0. The molecule has 0 spiro atoms. The SMILES string of the molecule is CC1CC(C)(C)N(C)c2ccc(/C=N\NC(=O)c3ccccc3)cc21. The van der Waals surface area contributed by atoms with Gasteiger partial charge in [0.15, 0.2) is 0 Å². The molecule has 0 radical (unpaired) electrons. The number of carbonyl (C=O) groups excluding carboxylic acids is 1. The van der Waals surface area contributed by atoms with Crippen LogP contribution in [0.2, 0.25) is 0 Å². The lowest BCUT2D eigenvalue weighted by Gasteiger charge is -2.45. The van der Waals surface area contributed by atoms with E-state index in [1.165, 1.54) is 11.3 Å². The Kier molecular flexibility index (Phi) is 4.62. The molecule has 0 saturated heterocycles. The highest BCUT2D eigenvalue weighted by Gasteiger charge is 2.33. The highest BCUT2D eigenvalue weighted by molar-refractivity contribution is 5.94. The predicted octanol–water partition coefficient (Wildman–Crippen LogP) is 4.17. The summed E-state index contributed by atoms with van der Waals surface area (Å²) >= 11 is 0. The van der Waals surface area contributed by atoms with Gasteiger partial charge in [0.2, 0.25) is 0 Å². The van der Waals surface area contributed by atoms with Gasteiger partial charge in [-0.15, -0.1) is 0 Å². The summed E-state index contributed by atoms with van der Waals surface area (Å²) in [6.45, 7) is 6.83. The molecule has 1 aliphatic rings. The average molecular weight is 335 g/mol. The number of hydrogen-bond donors (Lipinski definition) is 1. The topological polar surface area (TPSA) is 44.7 Å². The largest absolute Gasteiger partial charge is 0.369 e. The van der Waals surface area contributed by atoms with Gasteiger partial charge in [-0.2, -0.15) is 5.10 Å². The summed E-state index contributed by atoms with van der Waals surface area (Å²) in [5.41, 5.74) is 6.94. The molecule has 1 N–H and O–H groups in total. The van der Waals surface area contributed by atoms with E-state index in [4.69, 9.17) is 0 Å². The van der Waals surface area contributed by atoms with E-state index in [-0.39, 0.29) is 11.4 Å². The second kappa shape index (κ2) is 6.71. The molecule has 0 saturated carbocycles. The second-order valence-corrected chi connectivity index (χ2v) is 7.36. The Hall–Kier alpha value is -2.62. The number of nitrogens with one attached hydrogen (secondary N) is 1. The van der Waals surface area contributed by atoms with Gasteiger partial charge in [0.05, 0.1) is 6.21 Å². The van der Waals surface area contributed by atoms with Crippen molar-refractivity contribution in [3.05, 3.63) is 65.2 Å². The van der Waals surface area contributed by atoms with Crippen LogP contribution in [0.3, 0.4) is 0 Å². The summed E-state index contributed by atoms with van der Waals surface area (Å²) < 4.78 is 0. The molecular weight excluding hydrogens is 310 g/mol. The molecular formula is C21H25N3O. The van der Waals surface area contributed by atoms with Crippen LogP contribution >= 0.6 is 0 Å². The number of hydrogen-bond acceptors (Lipinski definition) is 3. The van der Waals surface area contributed by atoms with Crippen LogP contribution in [-0.4, -0.2) is 24.7 Å². The molecule has 1 aliphatic heterocycles. The van der Waals surface area contributed by atoms with E-state index >= 15 is 0 Å². The third-order valence-corrected chi connectivity index (χ3v) is 5.07. The zero-order chi connectivity index (χ0) is 18.0. The van der Waals surface area contributed by atoms with Crippen molar-refractivity contribution in [1.82, 2.24) is 5.43 Å². The van der Waals surface area contributed by atoms with E-state index in [1.807, 2.05) is 24.3 Å². The van der Waals surface area contributed by atoms with Crippen molar-refractivity contribution in [3.8, 4) is 0 Å². The summed E-state index contributed by atoms with van der Waals surface area (Å²) in [4.78, 5) is 14.4. The third-order valence-electron chi connectivity index (χ3n) is 5.07. The van der Waals surface area contributed by atoms with E-state index in [0.29, 0.717) is 11.5 Å². The monoisotopic (exact) mass is 335 g/mol. The molecule has 0 fully saturated rings. The molecule has 2 aromatic rings. The molecule has 1 amide bonds. The minimum atomic E-state index is -0.204. The Morgan fingerprint density at radius 2 is 1.96 bits per heavy atom. The van der Waals surface area contributed by atoms with Gasteiger partial charge < -0.3 is 4.90 Å². The van der Waals surface area contributed by atoms with Gasteiger partial charge in [-0.1, -0.05) is 31.2 Å². The van der Waals surface area contributed by atoms with Crippen LogP contribution in [0.4, 0.5) is 5.69 Å². The predicted molar refractivity (Wildman–Crippen MR) is 103 cm³/mol. The lowest BCUT2D eigenvalue weighted by Crippen LogP contribution is -2.45. The van der Waals surface area contributed by atoms with Crippen LogP contribution in [0.5, 0.6) is 0 Å². The zero-order valence-corrected chi connectivity index (χ0v) is 15.3. The average Bonchev–Trinajstić information content (AvgIpc) is 2.60. The van der Waals surface area contributed by atoms with Crippen molar-refractivity contribution in [1.29, 1.82) is 0 Å². The minimum absolute atomic E-state index is 0.158. The van der Waals surface area contributed by atoms with Crippen molar-refractivity contribution < 1.29 is 4.79 Å². The number of rotatable bonds is 3. The van der Waals surface area contributed by atoms with Gasteiger partial charge in [0.1, 0.15) is 0 Å². The lowest BCUT2D eigenvalue weighted by atomic mass is 9.80. The van der Waals surface area contributed by atoms with Crippen molar-refractivity contribution >= 4 is 17.8 Å².